The number of amides is 1. The molecular weight excluding hydrogens is 408 g/mol. The quantitative estimate of drug-likeness (QED) is 0.534. The van der Waals surface area contributed by atoms with Crippen molar-refractivity contribution in [1.82, 2.24) is 4.90 Å². The molecule has 0 radical (unpaired) electrons. The van der Waals surface area contributed by atoms with Crippen molar-refractivity contribution < 1.29 is 14.3 Å². The molecule has 0 spiro atoms. The maximum Gasteiger partial charge on any atom is 0.407 e. The van der Waals surface area contributed by atoms with Crippen molar-refractivity contribution in [2.24, 2.45) is 0 Å². The third-order valence-electron chi connectivity index (χ3n) is 6.13. The van der Waals surface area contributed by atoms with Crippen LogP contribution in [0.4, 0.5) is 16.2 Å². The van der Waals surface area contributed by atoms with Gasteiger partial charge >= 0.3 is 6.09 Å². The molecule has 2 atom stereocenters. The minimum absolute atomic E-state index is 0.00950. The summed E-state index contributed by atoms with van der Waals surface area (Å²) in [4.78, 5) is 15.0. The van der Waals surface area contributed by atoms with Gasteiger partial charge in [0.15, 0.2) is 8.32 Å². The lowest BCUT2D eigenvalue weighted by molar-refractivity contribution is 0.0561. The van der Waals surface area contributed by atoms with E-state index < -0.39 is 14.4 Å². The van der Waals surface area contributed by atoms with Gasteiger partial charge in [-0.2, -0.15) is 5.26 Å². The van der Waals surface area contributed by atoms with Crippen molar-refractivity contribution in [3.63, 3.8) is 0 Å². The highest BCUT2D eigenvalue weighted by atomic mass is 35.5. The summed E-state index contributed by atoms with van der Waals surface area (Å²) in [6.07, 6.45) is -0.690. The number of halogens is 1. The van der Waals surface area contributed by atoms with Crippen LogP contribution in [0, 0.1) is 11.3 Å². The summed E-state index contributed by atoms with van der Waals surface area (Å²) in [6.45, 7) is 11.9. The highest BCUT2D eigenvalue weighted by Gasteiger charge is 2.44. The zero-order valence-electron chi connectivity index (χ0n) is 18.0. The van der Waals surface area contributed by atoms with Gasteiger partial charge in [-0.1, -0.05) is 32.4 Å². The molecular formula is C20H31ClN4O3Si. The highest BCUT2D eigenvalue weighted by Crippen LogP contribution is 2.40. The molecule has 1 aliphatic rings. The van der Waals surface area contributed by atoms with E-state index >= 15 is 0 Å². The number of piperidine rings is 1. The molecule has 1 saturated heterocycles. The van der Waals surface area contributed by atoms with Crippen LogP contribution in [0.25, 0.3) is 0 Å². The summed E-state index contributed by atoms with van der Waals surface area (Å²) < 4.78 is 6.66. The molecule has 2 rings (SSSR count). The average molecular weight is 439 g/mol. The van der Waals surface area contributed by atoms with Crippen molar-refractivity contribution in [3.05, 3.63) is 22.7 Å². The van der Waals surface area contributed by atoms with Crippen LogP contribution in [-0.2, 0) is 4.43 Å². The fourth-order valence-corrected chi connectivity index (χ4v) is 4.88. The van der Waals surface area contributed by atoms with E-state index in [1.807, 2.05) is 4.90 Å². The van der Waals surface area contributed by atoms with Crippen LogP contribution >= 0.6 is 11.6 Å². The van der Waals surface area contributed by atoms with E-state index in [0.717, 1.165) is 0 Å². The Morgan fingerprint density at radius 3 is 2.59 bits per heavy atom. The normalized spacial score (nSPS) is 20.3. The molecule has 1 aromatic carbocycles. The van der Waals surface area contributed by atoms with Crippen molar-refractivity contribution >= 4 is 37.4 Å². The summed E-state index contributed by atoms with van der Waals surface area (Å²) in [6, 6.07) is 5.14. The van der Waals surface area contributed by atoms with Gasteiger partial charge in [-0.25, -0.2) is 4.79 Å². The van der Waals surface area contributed by atoms with Gasteiger partial charge in [0.05, 0.1) is 40.2 Å². The van der Waals surface area contributed by atoms with Gasteiger partial charge in [-0.15, -0.1) is 0 Å². The van der Waals surface area contributed by atoms with Crippen LogP contribution in [0.1, 0.15) is 32.8 Å². The van der Waals surface area contributed by atoms with Crippen LogP contribution in [0.15, 0.2) is 12.1 Å². The van der Waals surface area contributed by atoms with Gasteiger partial charge < -0.3 is 25.1 Å². The summed E-state index contributed by atoms with van der Waals surface area (Å²) in [5.74, 6) is 0. The minimum Gasteiger partial charge on any atom is -0.465 e. The standard InChI is InChI=1S/C20H31ClN4O3Si/c1-20(2,3)29(5,6)28-17-12-25(8-7-15(17)24(4)19(26)27)16-10-13(11-22)9-14(23)18(16)21/h9-10,15,17H,7-8,12,23H2,1-6H3,(H,26,27). The lowest BCUT2D eigenvalue weighted by atomic mass is 9.99. The van der Waals surface area contributed by atoms with E-state index in [1.165, 1.54) is 4.90 Å². The summed E-state index contributed by atoms with van der Waals surface area (Å²) in [7, 11) is -0.555. The Hall–Kier alpha value is -1.95. The minimum atomic E-state index is -2.14. The Kier molecular flexibility index (Phi) is 6.77. The molecule has 160 valence electrons. The molecule has 3 N–H and O–H groups in total. The van der Waals surface area contributed by atoms with E-state index in [-0.39, 0.29) is 17.2 Å². The smallest absolute Gasteiger partial charge is 0.407 e. The first kappa shape index (κ1) is 23.3. The molecule has 0 bridgehead atoms. The van der Waals surface area contributed by atoms with Crippen LogP contribution in [-0.4, -0.2) is 56.7 Å². The predicted molar refractivity (Wildman–Crippen MR) is 119 cm³/mol. The molecule has 1 fully saturated rings. The van der Waals surface area contributed by atoms with Crippen molar-refractivity contribution in [2.45, 2.75) is 57.5 Å². The Labute approximate surface area is 179 Å². The molecule has 29 heavy (non-hydrogen) atoms. The number of hydrogen-bond acceptors (Lipinski definition) is 5. The lowest BCUT2D eigenvalue weighted by Gasteiger charge is -2.47. The molecule has 0 saturated carbocycles. The molecule has 1 heterocycles. The van der Waals surface area contributed by atoms with Gasteiger partial charge in [-0.05, 0) is 36.7 Å². The summed E-state index contributed by atoms with van der Waals surface area (Å²) >= 11 is 6.45. The van der Waals surface area contributed by atoms with Gasteiger partial charge in [0, 0.05) is 20.1 Å². The lowest BCUT2D eigenvalue weighted by Crippen LogP contribution is -2.59. The Morgan fingerprint density at radius 1 is 1.45 bits per heavy atom. The largest absolute Gasteiger partial charge is 0.465 e. The molecule has 1 aromatic rings. The molecule has 1 amide bonds. The van der Waals surface area contributed by atoms with Crippen molar-refractivity contribution in [2.75, 3.05) is 30.8 Å². The molecule has 1 aliphatic heterocycles. The number of nitriles is 1. The van der Waals surface area contributed by atoms with Crippen molar-refractivity contribution in [1.29, 1.82) is 5.26 Å². The third-order valence-corrected chi connectivity index (χ3v) is 11.0. The number of rotatable bonds is 4. The summed E-state index contributed by atoms with van der Waals surface area (Å²) in [5, 5.41) is 19.2. The second-order valence-electron chi connectivity index (χ2n) is 9.12. The SMILES string of the molecule is CN(C(=O)O)C1CCN(c2cc(C#N)cc(N)c2Cl)CC1O[Si](C)(C)C(C)(C)C. The first-order chi connectivity index (χ1) is 13.3. The number of anilines is 2. The Morgan fingerprint density at radius 2 is 2.07 bits per heavy atom. The maximum atomic E-state index is 11.6. The van der Waals surface area contributed by atoms with E-state index in [9.17, 15) is 15.2 Å². The topological polar surface area (TPSA) is 103 Å². The number of likely N-dealkylation sites (N-methyl/N-ethyl adjacent to an activating group) is 1. The number of nitrogens with zero attached hydrogens (tertiary/aromatic N) is 3. The third kappa shape index (κ3) is 4.97. The van der Waals surface area contributed by atoms with Crippen LogP contribution in [0.5, 0.6) is 0 Å². The highest BCUT2D eigenvalue weighted by molar-refractivity contribution is 6.74. The number of nitrogens with two attached hydrogens (primary N) is 1. The van der Waals surface area contributed by atoms with Gasteiger partial charge in [-0.3, -0.25) is 0 Å². The van der Waals surface area contributed by atoms with E-state index in [4.69, 9.17) is 21.8 Å². The van der Waals surface area contributed by atoms with Crippen molar-refractivity contribution in [3.8, 4) is 6.07 Å². The number of hydrogen-bond donors (Lipinski definition) is 2. The molecule has 0 aromatic heterocycles. The van der Waals surface area contributed by atoms with Gasteiger partial charge in [0.2, 0.25) is 0 Å². The fraction of sp³-hybridized carbons (Fsp3) is 0.600. The monoisotopic (exact) mass is 438 g/mol. The Balaban J connectivity index is 2.40. The maximum absolute atomic E-state index is 11.6. The first-order valence-corrected chi connectivity index (χ1v) is 12.9. The molecule has 7 nitrogen and oxygen atoms in total. The molecule has 2 unspecified atom stereocenters. The zero-order valence-corrected chi connectivity index (χ0v) is 19.7. The second-order valence-corrected chi connectivity index (χ2v) is 14.3. The first-order valence-electron chi connectivity index (χ1n) is 9.66. The van der Waals surface area contributed by atoms with Crippen LogP contribution < -0.4 is 10.6 Å². The van der Waals surface area contributed by atoms with Gasteiger partial charge in [0.25, 0.3) is 0 Å². The molecule has 0 aliphatic carbocycles. The number of carboxylic acid groups (broad SMARTS) is 1. The number of benzene rings is 1. The van der Waals surface area contributed by atoms with Gasteiger partial charge in [0.1, 0.15) is 0 Å². The summed E-state index contributed by atoms with van der Waals surface area (Å²) in [5.41, 5.74) is 7.47. The van der Waals surface area contributed by atoms with Crippen LogP contribution in [0.3, 0.4) is 0 Å². The zero-order chi connectivity index (χ0) is 22.1. The van der Waals surface area contributed by atoms with E-state index in [1.54, 1.807) is 19.2 Å². The number of nitrogen functional groups attached to an aromatic ring is 1. The second kappa shape index (κ2) is 8.42. The van der Waals surface area contributed by atoms with Crippen LogP contribution in [0.2, 0.25) is 23.2 Å². The van der Waals surface area contributed by atoms with E-state index in [0.29, 0.717) is 41.5 Å². The molecule has 9 heteroatoms. The van der Waals surface area contributed by atoms with E-state index in [2.05, 4.69) is 39.9 Å². The average Bonchev–Trinajstić information content (AvgIpc) is 2.61. The predicted octanol–water partition coefficient (Wildman–Crippen LogP) is 4.37. The number of carbonyl (C=O) groups is 1. The fourth-order valence-electron chi connectivity index (χ4n) is 3.30. The Bertz CT molecular complexity index is 819.